The Morgan fingerprint density at radius 1 is 1.25 bits per heavy atom. The van der Waals surface area contributed by atoms with E-state index in [-0.39, 0.29) is 6.10 Å². The number of hydrogen-bond donors (Lipinski definition) is 1. The Kier molecular flexibility index (Phi) is 2.53. The third kappa shape index (κ3) is 2.22. The van der Waals surface area contributed by atoms with Gasteiger partial charge < -0.3 is 5.11 Å². The molecule has 0 saturated heterocycles. The fourth-order valence-corrected chi connectivity index (χ4v) is 2.85. The van der Waals surface area contributed by atoms with E-state index in [4.69, 9.17) is 0 Å². The van der Waals surface area contributed by atoms with Crippen molar-refractivity contribution in [2.45, 2.75) is 59.5 Å². The zero-order valence-electron chi connectivity index (χ0n) is 8.85. The molecule has 0 bridgehead atoms. The number of hydrogen-bond acceptors (Lipinski definition) is 1. The molecule has 1 heteroatoms. The van der Waals surface area contributed by atoms with E-state index in [2.05, 4.69) is 27.7 Å². The zero-order valence-corrected chi connectivity index (χ0v) is 8.85. The van der Waals surface area contributed by atoms with Gasteiger partial charge in [-0.1, -0.05) is 34.1 Å². The zero-order chi connectivity index (χ0) is 9.41. The lowest BCUT2D eigenvalue weighted by Crippen LogP contribution is -2.37. The average Bonchev–Trinajstić information content (AvgIpc) is 1.82. The predicted molar refractivity (Wildman–Crippen MR) is 52.0 cm³/mol. The van der Waals surface area contributed by atoms with Gasteiger partial charge in [0.05, 0.1) is 6.10 Å². The molecule has 0 aromatic heterocycles. The van der Waals surface area contributed by atoms with Gasteiger partial charge in [-0.25, -0.2) is 0 Å². The summed E-state index contributed by atoms with van der Waals surface area (Å²) >= 11 is 0. The summed E-state index contributed by atoms with van der Waals surface area (Å²) in [7, 11) is 0. The minimum absolute atomic E-state index is 0.0706. The van der Waals surface area contributed by atoms with E-state index in [0.29, 0.717) is 10.8 Å². The molecule has 2 atom stereocenters. The Morgan fingerprint density at radius 3 is 2.25 bits per heavy atom. The summed E-state index contributed by atoms with van der Waals surface area (Å²) in [4.78, 5) is 0. The van der Waals surface area contributed by atoms with Crippen LogP contribution >= 0.6 is 0 Å². The van der Waals surface area contributed by atoms with Crippen molar-refractivity contribution in [3.8, 4) is 0 Å². The molecule has 0 aliphatic heterocycles. The Balaban J connectivity index is 2.70. The van der Waals surface area contributed by atoms with Crippen molar-refractivity contribution in [2.75, 3.05) is 0 Å². The molecular formula is C11H22O. The van der Waals surface area contributed by atoms with Gasteiger partial charge in [-0.15, -0.1) is 0 Å². The van der Waals surface area contributed by atoms with Crippen molar-refractivity contribution < 1.29 is 5.11 Å². The molecular weight excluding hydrogens is 148 g/mol. The highest BCUT2D eigenvalue weighted by atomic mass is 16.3. The molecule has 1 rings (SSSR count). The van der Waals surface area contributed by atoms with E-state index < -0.39 is 0 Å². The quantitative estimate of drug-likeness (QED) is 0.641. The smallest absolute Gasteiger partial charge is 0.0550 e. The summed E-state index contributed by atoms with van der Waals surface area (Å²) in [5.74, 6) is 0. The summed E-state index contributed by atoms with van der Waals surface area (Å²) in [5, 5.41) is 9.71. The highest BCUT2D eigenvalue weighted by Gasteiger charge is 2.39. The van der Waals surface area contributed by atoms with Crippen LogP contribution in [-0.2, 0) is 0 Å². The van der Waals surface area contributed by atoms with Gasteiger partial charge in [0.25, 0.3) is 0 Å². The highest BCUT2D eigenvalue weighted by Crippen LogP contribution is 2.47. The van der Waals surface area contributed by atoms with Gasteiger partial charge in [-0.05, 0) is 30.1 Å². The number of aliphatic hydroxyl groups excluding tert-OH is 1. The van der Waals surface area contributed by atoms with Crippen molar-refractivity contribution in [3.05, 3.63) is 0 Å². The van der Waals surface area contributed by atoms with E-state index in [9.17, 15) is 5.11 Å². The van der Waals surface area contributed by atoms with Gasteiger partial charge in [-0.2, -0.15) is 0 Å². The largest absolute Gasteiger partial charge is 0.393 e. The molecule has 1 fully saturated rings. The van der Waals surface area contributed by atoms with Crippen LogP contribution in [0.3, 0.4) is 0 Å². The van der Waals surface area contributed by atoms with Crippen LogP contribution in [0.2, 0.25) is 0 Å². The van der Waals surface area contributed by atoms with Crippen LogP contribution in [0.25, 0.3) is 0 Å². The van der Waals surface area contributed by atoms with Gasteiger partial charge in [0.15, 0.2) is 0 Å². The molecule has 0 amide bonds. The monoisotopic (exact) mass is 170 g/mol. The molecule has 0 radical (unpaired) electrons. The van der Waals surface area contributed by atoms with E-state index in [0.717, 1.165) is 12.8 Å². The highest BCUT2D eigenvalue weighted by molar-refractivity contribution is 4.90. The molecule has 2 unspecified atom stereocenters. The minimum Gasteiger partial charge on any atom is -0.393 e. The number of rotatable bonds is 1. The third-order valence-corrected chi connectivity index (χ3v) is 3.28. The summed E-state index contributed by atoms with van der Waals surface area (Å²) < 4.78 is 0. The van der Waals surface area contributed by atoms with Crippen LogP contribution in [0.4, 0.5) is 0 Å². The lowest BCUT2D eigenvalue weighted by atomic mass is 9.62. The first-order chi connectivity index (χ1) is 5.37. The van der Waals surface area contributed by atoms with Crippen molar-refractivity contribution in [3.63, 3.8) is 0 Å². The van der Waals surface area contributed by atoms with Crippen molar-refractivity contribution in [2.24, 2.45) is 10.8 Å². The van der Waals surface area contributed by atoms with E-state index >= 15 is 0 Å². The van der Waals surface area contributed by atoms with Crippen LogP contribution in [0.5, 0.6) is 0 Å². The topological polar surface area (TPSA) is 20.2 Å². The van der Waals surface area contributed by atoms with Crippen molar-refractivity contribution >= 4 is 0 Å². The Hall–Kier alpha value is -0.0400. The van der Waals surface area contributed by atoms with Gasteiger partial charge in [0.1, 0.15) is 0 Å². The second-order valence-electron chi connectivity index (χ2n) is 5.57. The summed E-state index contributed by atoms with van der Waals surface area (Å²) in [5.41, 5.74) is 0.712. The minimum atomic E-state index is -0.0706. The summed E-state index contributed by atoms with van der Waals surface area (Å²) in [6.45, 7) is 9.07. The lowest BCUT2D eigenvalue weighted by molar-refractivity contribution is -0.0109. The van der Waals surface area contributed by atoms with E-state index in [1.807, 2.05) is 0 Å². The maximum absolute atomic E-state index is 9.71. The standard InChI is InChI=1S/C11H22O/c1-5-11(4)7-9(12)6-10(2,3)8-11/h9,12H,5-8H2,1-4H3. The molecule has 0 aromatic carbocycles. The molecule has 1 N–H and O–H groups in total. The van der Waals surface area contributed by atoms with Crippen LogP contribution in [0.15, 0.2) is 0 Å². The summed E-state index contributed by atoms with van der Waals surface area (Å²) in [6.07, 6.45) is 4.34. The van der Waals surface area contributed by atoms with Gasteiger partial charge in [0, 0.05) is 0 Å². The van der Waals surface area contributed by atoms with E-state index in [1.54, 1.807) is 0 Å². The molecule has 0 spiro atoms. The maximum atomic E-state index is 9.71. The predicted octanol–water partition coefficient (Wildman–Crippen LogP) is 2.97. The first kappa shape index (κ1) is 10.0. The lowest BCUT2D eigenvalue weighted by Gasteiger charge is -2.44. The second kappa shape index (κ2) is 3.02. The van der Waals surface area contributed by atoms with Crippen molar-refractivity contribution in [1.82, 2.24) is 0 Å². The Morgan fingerprint density at radius 2 is 1.83 bits per heavy atom. The molecule has 1 aliphatic carbocycles. The van der Waals surface area contributed by atoms with Crippen LogP contribution < -0.4 is 0 Å². The third-order valence-electron chi connectivity index (χ3n) is 3.28. The van der Waals surface area contributed by atoms with Gasteiger partial charge in [-0.3, -0.25) is 0 Å². The molecule has 1 saturated carbocycles. The fraction of sp³-hybridized carbons (Fsp3) is 1.00. The Bertz CT molecular complexity index is 162. The fourth-order valence-electron chi connectivity index (χ4n) is 2.85. The van der Waals surface area contributed by atoms with E-state index in [1.165, 1.54) is 12.8 Å². The molecule has 1 aliphatic rings. The summed E-state index contributed by atoms with van der Waals surface area (Å²) in [6, 6.07) is 0. The van der Waals surface area contributed by atoms with Crippen LogP contribution in [-0.4, -0.2) is 11.2 Å². The normalized spacial score (nSPS) is 41.2. The SMILES string of the molecule is CCC1(C)CC(O)CC(C)(C)C1. The molecule has 72 valence electrons. The first-order valence-electron chi connectivity index (χ1n) is 5.05. The van der Waals surface area contributed by atoms with Gasteiger partial charge >= 0.3 is 0 Å². The molecule has 1 nitrogen and oxygen atoms in total. The van der Waals surface area contributed by atoms with Crippen LogP contribution in [0, 0.1) is 10.8 Å². The van der Waals surface area contributed by atoms with Gasteiger partial charge in [0.2, 0.25) is 0 Å². The molecule has 12 heavy (non-hydrogen) atoms. The molecule has 0 aromatic rings. The number of aliphatic hydroxyl groups is 1. The second-order valence-corrected chi connectivity index (χ2v) is 5.57. The first-order valence-corrected chi connectivity index (χ1v) is 5.05. The maximum Gasteiger partial charge on any atom is 0.0550 e. The Labute approximate surface area is 76.2 Å². The molecule has 0 heterocycles. The van der Waals surface area contributed by atoms with Crippen LogP contribution in [0.1, 0.15) is 53.4 Å². The van der Waals surface area contributed by atoms with Crippen molar-refractivity contribution in [1.29, 1.82) is 0 Å². The average molecular weight is 170 g/mol.